The number of carbonyl (C=O) groups excluding carboxylic acids is 1. The number of para-hydroxylation sites is 1. The number of hydrogen-bond donors (Lipinski definition) is 2. The molecule has 18 heavy (non-hydrogen) atoms. The molecule has 0 aliphatic heterocycles. The van der Waals surface area contributed by atoms with Gasteiger partial charge in [0.05, 0.1) is 6.61 Å². The Balaban J connectivity index is 2.30. The zero-order valence-electron chi connectivity index (χ0n) is 11.1. The van der Waals surface area contributed by atoms with Gasteiger partial charge in [-0.05, 0) is 25.0 Å². The summed E-state index contributed by atoms with van der Waals surface area (Å²) in [5, 5.41) is 2.76. The first kappa shape index (κ1) is 14.7. The molecule has 0 spiro atoms. The average molecular weight is 250 g/mol. The lowest BCUT2D eigenvalue weighted by molar-refractivity contribution is -0.121. The molecule has 0 unspecified atom stereocenters. The third-order valence-corrected chi connectivity index (χ3v) is 3.09. The second-order valence-corrected chi connectivity index (χ2v) is 4.48. The SMILES string of the molecule is CCC(N)(CC)COCC(=O)Nc1ccccc1. The maximum Gasteiger partial charge on any atom is 0.250 e. The summed E-state index contributed by atoms with van der Waals surface area (Å²) in [6.07, 6.45) is 1.67. The first-order chi connectivity index (χ1) is 8.59. The second-order valence-electron chi connectivity index (χ2n) is 4.48. The van der Waals surface area contributed by atoms with Gasteiger partial charge in [-0.2, -0.15) is 0 Å². The van der Waals surface area contributed by atoms with Crippen LogP contribution in [0.25, 0.3) is 0 Å². The fourth-order valence-electron chi connectivity index (χ4n) is 1.52. The topological polar surface area (TPSA) is 64.3 Å². The minimum absolute atomic E-state index is 0.0356. The van der Waals surface area contributed by atoms with Gasteiger partial charge in [0, 0.05) is 11.2 Å². The van der Waals surface area contributed by atoms with Gasteiger partial charge in [0.2, 0.25) is 5.91 Å². The van der Waals surface area contributed by atoms with Crippen molar-refractivity contribution in [1.82, 2.24) is 0 Å². The zero-order valence-corrected chi connectivity index (χ0v) is 11.1. The molecular formula is C14H22N2O2. The Bertz CT molecular complexity index is 361. The van der Waals surface area contributed by atoms with Crippen molar-refractivity contribution in [2.45, 2.75) is 32.2 Å². The molecule has 100 valence electrons. The zero-order chi connectivity index (χ0) is 13.4. The molecule has 4 nitrogen and oxygen atoms in total. The highest BCUT2D eigenvalue weighted by molar-refractivity contribution is 5.91. The molecule has 0 atom stereocenters. The van der Waals surface area contributed by atoms with Crippen molar-refractivity contribution in [2.75, 3.05) is 18.5 Å². The van der Waals surface area contributed by atoms with E-state index in [1.807, 2.05) is 44.2 Å². The first-order valence-electron chi connectivity index (χ1n) is 6.31. The number of benzene rings is 1. The summed E-state index contributed by atoms with van der Waals surface area (Å²) in [6.45, 7) is 4.49. The molecule has 0 heterocycles. The molecule has 0 radical (unpaired) electrons. The number of anilines is 1. The van der Waals surface area contributed by atoms with Crippen LogP contribution in [0.15, 0.2) is 30.3 Å². The fraction of sp³-hybridized carbons (Fsp3) is 0.500. The molecule has 1 rings (SSSR count). The molecule has 0 aromatic heterocycles. The highest BCUT2D eigenvalue weighted by Crippen LogP contribution is 2.11. The van der Waals surface area contributed by atoms with Crippen LogP contribution in [-0.4, -0.2) is 24.7 Å². The van der Waals surface area contributed by atoms with E-state index in [1.165, 1.54) is 0 Å². The Morgan fingerprint density at radius 1 is 1.28 bits per heavy atom. The molecule has 1 aromatic carbocycles. The third-order valence-electron chi connectivity index (χ3n) is 3.09. The standard InChI is InChI=1S/C14H22N2O2/c1-3-14(15,4-2)11-18-10-13(17)16-12-8-6-5-7-9-12/h5-9H,3-4,10-11,15H2,1-2H3,(H,16,17). The van der Waals surface area contributed by atoms with Gasteiger partial charge >= 0.3 is 0 Å². The Kier molecular flexibility index (Phi) is 5.82. The van der Waals surface area contributed by atoms with Crippen LogP contribution in [0.5, 0.6) is 0 Å². The van der Waals surface area contributed by atoms with Gasteiger partial charge in [0.15, 0.2) is 0 Å². The van der Waals surface area contributed by atoms with E-state index in [0.717, 1.165) is 18.5 Å². The van der Waals surface area contributed by atoms with Crippen LogP contribution in [0.2, 0.25) is 0 Å². The molecule has 1 amide bonds. The fourth-order valence-corrected chi connectivity index (χ4v) is 1.52. The number of hydrogen-bond acceptors (Lipinski definition) is 3. The maximum absolute atomic E-state index is 11.6. The molecule has 0 bridgehead atoms. The molecule has 0 saturated carbocycles. The Morgan fingerprint density at radius 2 is 1.89 bits per heavy atom. The average Bonchev–Trinajstić information content (AvgIpc) is 2.39. The van der Waals surface area contributed by atoms with Crippen molar-refractivity contribution in [3.8, 4) is 0 Å². The predicted octanol–water partition coefficient (Wildman–Crippen LogP) is 2.16. The van der Waals surface area contributed by atoms with Crippen LogP contribution >= 0.6 is 0 Å². The van der Waals surface area contributed by atoms with Crippen LogP contribution in [0.4, 0.5) is 5.69 Å². The van der Waals surface area contributed by atoms with Crippen LogP contribution in [0, 0.1) is 0 Å². The lowest BCUT2D eigenvalue weighted by Gasteiger charge is -2.25. The van der Waals surface area contributed by atoms with E-state index in [2.05, 4.69) is 5.32 Å². The molecular weight excluding hydrogens is 228 g/mol. The number of rotatable bonds is 7. The molecule has 4 heteroatoms. The quantitative estimate of drug-likeness (QED) is 0.779. The number of nitrogens with two attached hydrogens (primary N) is 1. The van der Waals surface area contributed by atoms with E-state index in [-0.39, 0.29) is 18.1 Å². The summed E-state index contributed by atoms with van der Waals surface area (Å²) in [4.78, 5) is 11.6. The predicted molar refractivity (Wildman–Crippen MR) is 73.4 cm³/mol. The largest absolute Gasteiger partial charge is 0.370 e. The summed E-state index contributed by atoms with van der Waals surface area (Å²) >= 11 is 0. The Morgan fingerprint density at radius 3 is 2.44 bits per heavy atom. The summed E-state index contributed by atoms with van der Waals surface area (Å²) in [7, 11) is 0. The smallest absolute Gasteiger partial charge is 0.250 e. The van der Waals surface area contributed by atoms with Gasteiger partial charge in [-0.3, -0.25) is 4.79 Å². The molecule has 0 fully saturated rings. The van der Waals surface area contributed by atoms with Gasteiger partial charge in [-0.25, -0.2) is 0 Å². The van der Waals surface area contributed by atoms with Crippen molar-refractivity contribution in [3.63, 3.8) is 0 Å². The molecule has 0 aliphatic rings. The van der Waals surface area contributed by atoms with Crippen molar-refractivity contribution in [1.29, 1.82) is 0 Å². The Hall–Kier alpha value is -1.39. The van der Waals surface area contributed by atoms with E-state index in [4.69, 9.17) is 10.5 Å². The first-order valence-corrected chi connectivity index (χ1v) is 6.31. The molecule has 1 aromatic rings. The molecule has 0 aliphatic carbocycles. The number of amides is 1. The number of nitrogens with one attached hydrogen (secondary N) is 1. The van der Waals surface area contributed by atoms with E-state index in [0.29, 0.717) is 6.61 Å². The maximum atomic E-state index is 11.6. The van der Waals surface area contributed by atoms with Crippen LogP contribution in [-0.2, 0) is 9.53 Å². The number of carbonyl (C=O) groups is 1. The molecule has 0 saturated heterocycles. The minimum atomic E-state index is -0.326. The second kappa shape index (κ2) is 7.13. The summed E-state index contributed by atoms with van der Waals surface area (Å²) < 4.78 is 5.38. The van der Waals surface area contributed by atoms with Crippen LogP contribution < -0.4 is 11.1 Å². The highest BCUT2D eigenvalue weighted by atomic mass is 16.5. The van der Waals surface area contributed by atoms with Crippen LogP contribution in [0.1, 0.15) is 26.7 Å². The third kappa shape index (κ3) is 4.85. The monoisotopic (exact) mass is 250 g/mol. The van der Waals surface area contributed by atoms with E-state index in [9.17, 15) is 4.79 Å². The van der Waals surface area contributed by atoms with E-state index in [1.54, 1.807) is 0 Å². The summed E-state index contributed by atoms with van der Waals surface area (Å²) in [6, 6.07) is 9.31. The van der Waals surface area contributed by atoms with E-state index < -0.39 is 0 Å². The normalized spacial score (nSPS) is 11.3. The van der Waals surface area contributed by atoms with Crippen molar-refractivity contribution >= 4 is 11.6 Å². The van der Waals surface area contributed by atoms with Crippen molar-refractivity contribution in [3.05, 3.63) is 30.3 Å². The summed E-state index contributed by atoms with van der Waals surface area (Å²) in [5.74, 6) is -0.157. The highest BCUT2D eigenvalue weighted by Gasteiger charge is 2.20. The number of ether oxygens (including phenoxy) is 1. The minimum Gasteiger partial charge on any atom is -0.370 e. The van der Waals surface area contributed by atoms with Gasteiger partial charge in [-0.15, -0.1) is 0 Å². The Labute approximate surface area is 109 Å². The van der Waals surface area contributed by atoms with Gasteiger partial charge in [0.1, 0.15) is 6.61 Å². The summed E-state index contributed by atoms with van der Waals surface area (Å²) in [5.41, 5.74) is 6.53. The lowest BCUT2D eigenvalue weighted by Crippen LogP contribution is -2.43. The lowest BCUT2D eigenvalue weighted by atomic mass is 9.96. The van der Waals surface area contributed by atoms with E-state index >= 15 is 0 Å². The van der Waals surface area contributed by atoms with Gasteiger partial charge in [0.25, 0.3) is 0 Å². The van der Waals surface area contributed by atoms with Crippen molar-refractivity contribution < 1.29 is 9.53 Å². The van der Waals surface area contributed by atoms with Gasteiger partial charge in [-0.1, -0.05) is 32.0 Å². The van der Waals surface area contributed by atoms with Crippen LogP contribution in [0.3, 0.4) is 0 Å². The molecule has 3 N–H and O–H groups in total. The van der Waals surface area contributed by atoms with Gasteiger partial charge < -0.3 is 15.8 Å². The van der Waals surface area contributed by atoms with Crippen molar-refractivity contribution in [2.24, 2.45) is 5.73 Å².